The van der Waals surface area contributed by atoms with Crippen molar-refractivity contribution in [2.24, 2.45) is 0 Å². The summed E-state index contributed by atoms with van der Waals surface area (Å²) in [5.41, 5.74) is 2.68. The van der Waals surface area contributed by atoms with Gasteiger partial charge < -0.3 is 0 Å². The van der Waals surface area contributed by atoms with E-state index in [2.05, 4.69) is 25.1 Å². The van der Waals surface area contributed by atoms with Crippen LogP contribution in [0.25, 0.3) is 0 Å². The van der Waals surface area contributed by atoms with Gasteiger partial charge in [0.25, 0.3) is 0 Å². The Morgan fingerprint density at radius 1 is 1.42 bits per heavy atom. The van der Waals surface area contributed by atoms with E-state index in [9.17, 15) is 0 Å². The van der Waals surface area contributed by atoms with E-state index in [1.165, 1.54) is 14.4 Å². The molecule has 0 saturated heterocycles. The number of aryl methyl sites for hydroxylation is 1. The van der Waals surface area contributed by atoms with E-state index >= 15 is 0 Å². The number of hydrogen-bond acceptors (Lipinski definition) is 1. The molecular weight excluding hydrogens is 345 g/mol. The van der Waals surface area contributed by atoms with Crippen molar-refractivity contribution in [3.8, 4) is 0 Å². The Morgan fingerprint density at radius 3 is 2.75 bits per heavy atom. The summed E-state index contributed by atoms with van der Waals surface area (Å²) in [4.78, 5) is 0. The predicted octanol–water partition coefficient (Wildman–Crippen LogP) is 0.790. The Balaban J connectivity index is 2.72. The van der Waals surface area contributed by atoms with Crippen molar-refractivity contribution < 1.29 is 4.74 Å². The van der Waals surface area contributed by atoms with Gasteiger partial charge >= 0.3 is 89.1 Å². The zero-order valence-electron chi connectivity index (χ0n) is 7.63. The number of rotatable bonds is 3. The topological polar surface area (TPSA) is 9.23 Å². The fourth-order valence-corrected chi connectivity index (χ4v) is 2.44. The summed E-state index contributed by atoms with van der Waals surface area (Å²) in [6.45, 7) is 5.73. The average Bonchev–Trinajstić information content (AvgIpc) is 2.03. The fraction of sp³-hybridized carbons (Fsp3) is 0.400. The molecule has 1 aromatic rings. The molecule has 0 heterocycles. The van der Waals surface area contributed by atoms with E-state index in [0.717, 1.165) is 37.9 Å². The Labute approximate surface area is 89.0 Å². The monoisotopic (exact) mass is 360 g/mol. The normalized spacial score (nSPS) is 10.2. The van der Waals surface area contributed by atoms with Crippen molar-refractivity contribution in [1.29, 1.82) is 0 Å². The molecule has 0 radical (unpaired) electrons. The molecule has 0 bridgehead atoms. The van der Waals surface area contributed by atoms with Gasteiger partial charge in [0.05, 0.1) is 0 Å². The van der Waals surface area contributed by atoms with Crippen molar-refractivity contribution in [1.82, 2.24) is 0 Å². The summed E-state index contributed by atoms with van der Waals surface area (Å²) in [5, 5.41) is 0. The molecule has 12 heavy (non-hydrogen) atoms. The molecule has 0 aliphatic rings. The molecule has 0 saturated carbocycles. The van der Waals surface area contributed by atoms with Crippen LogP contribution in [0.2, 0.25) is 0 Å². The van der Waals surface area contributed by atoms with E-state index in [0.29, 0.717) is 0 Å². The summed E-state index contributed by atoms with van der Waals surface area (Å²) in [6, 6.07) is 6.64. The molecule has 0 fully saturated rings. The second kappa shape index (κ2) is 4.94. The summed E-state index contributed by atoms with van der Waals surface area (Å²) < 4.78 is 6.83. The molecule has 0 atom stereocenters. The summed E-state index contributed by atoms with van der Waals surface area (Å²) >= 11 is 0.940. The van der Waals surface area contributed by atoms with Gasteiger partial charge in [0.1, 0.15) is 0 Å². The van der Waals surface area contributed by atoms with E-state index in [-0.39, 0.29) is 0 Å². The third-order valence-electron chi connectivity index (χ3n) is 1.83. The van der Waals surface area contributed by atoms with Crippen LogP contribution >= 0.6 is 0 Å². The third kappa shape index (κ3) is 2.84. The Kier molecular flexibility index (Phi) is 4.17. The van der Waals surface area contributed by atoms with Gasteiger partial charge in [0.2, 0.25) is 0 Å². The van der Waals surface area contributed by atoms with Crippen LogP contribution in [0.3, 0.4) is 0 Å². The van der Waals surface area contributed by atoms with Gasteiger partial charge in [-0.25, -0.2) is 0 Å². The second-order valence-corrected chi connectivity index (χ2v) is 5.41. The standard InChI is InChI=1S/C10H13O.Bi.2H/c1-3-11-8-10-7-5-4-6-9(10)2;;;/h5-7H,3,8H2,1-2H3;;;. The minimum atomic E-state index is 0.757. The van der Waals surface area contributed by atoms with Gasteiger partial charge in [0.15, 0.2) is 0 Å². The van der Waals surface area contributed by atoms with E-state index < -0.39 is 0 Å². The third-order valence-corrected chi connectivity index (χ3v) is 3.22. The van der Waals surface area contributed by atoms with Crippen molar-refractivity contribution in [2.75, 3.05) is 6.61 Å². The van der Waals surface area contributed by atoms with Gasteiger partial charge in [0, 0.05) is 0 Å². The summed E-state index contributed by atoms with van der Waals surface area (Å²) in [6.07, 6.45) is 0. The van der Waals surface area contributed by atoms with Crippen molar-refractivity contribution >= 4 is 28.0 Å². The first kappa shape index (κ1) is 10.1. The first-order valence-electron chi connectivity index (χ1n) is 4.16. The van der Waals surface area contributed by atoms with Crippen molar-refractivity contribution in [2.45, 2.75) is 20.5 Å². The maximum atomic E-state index is 5.35. The van der Waals surface area contributed by atoms with Crippen LogP contribution in [0.4, 0.5) is 0 Å². The summed E-state index contributed by atoms with van der Waals surface area (Å²) in [5.74, 6) is 0. The van der Waals surface area contributed by atoms with Crippen LogP contribution in [-0.2, 0) is 11.3 Å². The number of hydrogen-bond donors (Lipinski definition) is 0. The molecule has 1 nitrogen and oxygen atoms in total. The average molecular weight is 360 g/mol. The first-order valence-corrected chi connectivity index (χ1v) is 6.41. The molecule has 1 rings (SSSR count). The SMILES string of the molecule is CCOCc1cc[c]([BiH2])cc1C. The van der Waals surface area contributed by atoms with Gasteiger partial charge in [-0.15, -0.1) is 0 Å². The Bertz CT molecular complexity index is 258. The molecule has 0 N–H and O–H groups in total. The van der Waals surface area contributed by atoms with Crippen molar-refractivity contribution in [3.05, 3.63) is 29.3 Å². The number of benzene rings is 1. The Morgan fingerprint density at radius 2 is 2.17 bits per heavy atom. The van der Waals surface area contributed by atoms with Crippen LogP contribution in [0.1, 0.15) is 18.1 Å². The molecule has 66 valence electrons. The molecule has 0 aliphatic carbocycles. The molecule has 2 heteroatoms. The molecule has 0 amide bonds. The van der Waals surface area contributed by atoms with Gasteiger partial charge in [-0.05, 0) is 0 Å². The second-order valence-electron chi connectivity index (χ2n) is 2.82. The predicted molar refractivity (Wildman–Crippen MR) is 54.7 cm³/mol. The van der Waals surface area contributed by atoms with Crippen LogP contribution in [0.5, 0.6) is 0 Å². The molecule has 0 spiro atoms. The Hall–Kier alpha value is 0.0631. The van der Waals surface area contributed by atoms with E-state index in [1.807, 2.05) is 6.92 Å². The zero-order valence-corrected chi connectivity index (χ0v) is 12.1. The van der Waals surface area contributed by atoms with E-state index in [4.69, 9.17) is 4.74 Å². The van der Waals surface area contributed by atoms with Gasteiger partial charge in [-0.3, -0.25) is 0 Å². The maximum absolute atomic E-state index is 5.35. The molecule has 0 aliphatic heterocycles. The van der Waals surface area contributed by atoms with Gasteiger partial charge in [-0.2, -0.15) is 0 Å². The molecular formula is C10H15BiO. The molecule has 0 aromatic heterocycles. The fourth-order valence-electron chi connectivity index (χ4n) is 1.09. The molecule has 0 unspecified atom stereocenters. The number of ether oxygens (including phenoxy) is 1. The quantitative estimate of drug-likeness (QED) is 0.725. The van der Waals surface area contributed by atoms with Gasteiger partial charge in [-0.1, -0.05) is 0 Å². The first-order chi connectivity index (χ1) is 5.74. The minimum absolute atomic E-state index is 0.757. The van der Waals surface area contributed by atoms with Crippen LogP contribution in [0.15, 0.2) is 18.2 Å². The zero-order chi connectivity index (χ0) is 8.97. The van der Waals surface area contributed by atoms with Crippen molar-refractivity contribution in [3.63, 3.8) is 0 Å². The van der Waals surface area contributed by atoms with Crippen LogP contribution in [0, 0.1) is 6.92 Å². The van der Waals surface area contributed by atoms with E-state index in [1.54, 1.807) is 0 Å². The van der Waals surface area contributed by atoms with Crippen LogP contribution < -0.4 is 3.27 Å². The van der Waals surface area contributed by atoms with Crippen LogP contribution in [-0.4, -0.2) is 31.3 Å². The molecule has 1 aromatic carbocycles. The summed E-state index contributed by atoms with van der Waals surface area (Å²) in [7, 11) is 0.